The van der Waals surface area contributed by atoms with Gasteiger partial charge in [0.15, 0.2) is 12.3 Å². The summed E-state index contributed by atoms with van der Waals surface area (Å²) >= 11 is 0. The summed E-state index contributed by atoms with van der Waals surface area (Å²) < 4.78 is 14.1. The van der Waals surface area contributed by atoms with E-state index in [2.05, 4.69) is 10.1 Å². The largest absolute Gasteiger partial charge is 0.469 e. The lowest BCUT2D eigenvalue weighted by atomic mass is 10.2. The molecule has 0 aliphatic carbocycles. The molecule has 6 heteroatoms. The number of esters is 1. The molecule has 0 spiro atoms. The first kappa shape index (κ1) is 9.79. The SMILES string of the molecule is COC(=O)C[C@H]1OC(=O)N[C@@H]1OC. The van der Waals surface area contributed by atoms with Crippen LogP contribution in [0, 0.1) is 0 Å². The van der Waals surface area contributed by atoms with E-state index in [1.165, 1.54) is 14.2 Å². The Kier molecular flexibility index (Phi) is 3.07. The highest BCUT2D eigenvalue weighted by atomic mass is 16.6. The minimum atomic E-state index is -0.607. The molecule has 1 aliphatic rings. The number of carbonyl (C=O) groups excluding carboxylic acids is 2. The third-order valence-electron chi connectivity index (χ3n) is 1.71. The molecule has 1 fully saturated rings. The van der Waals surface area contributed by atoms with E-state index in [4.69, 9.17) is 9.47 Å². The number of hydrogen-bond donors (Lipinski definition) is 1. The maximum absolute atomic E-state index is 10.8. The zero-order valence-electron chi connectivity index (χ0n) is 7.40. The fourth-order valence-corrected chi connectivity index (χ4v) is 1.05. The summed E-state index contributed by atoms with van der Waals surface area (Å²) in [5.74, 6) is -0.441. The molecule has 1 amide bonds. The van der Waals surface area contributed by atoms with Gasteiger partial charge in [0.2, 0.25) is 0 Å². The van der Waals surface area contributed by atoms with Crippen LogP contribution >= 0.6 is 0 Å². The molecule has 0 aromatic rings. The van der Waals surface area contributed by atoms with Gasteiger partial charge >= 0.3 is 12.1 Å². The number of cyclic esters (lactones) is 1. The average molecular weight is 189 g/mol. The minimum Gasteiger partial charge on any atom is -0.469 e. The third kappa shape index (κ3) is 2.32. The van der Waals surface area contributed by atoms with Gasteiger partial charge < -0.3 is 14.2 Å². The van der Waals surface area contributed by atoms with E-state index in [0.717, 1.165) is 0 Å². The van der Waals surface area contributed by atoms with E-state index in [0.29, 0.717) is 0 Å². The number of alkyl carbamates (subject to hydrolysis) is 1. The molecule has 0 aromatic carbocycles. The van der Waals surface area contributed by atoms with Crippen molar-refractivity contribution in [3.63, 3.8) is 0 Å². The standard InChI is InChI=1S/C7H11NO5/c1-11-5(9)3-4-6(12-2)8-7(10)13-4/h4,6H,3H2,1-2H3,(H,8,10)/t4-,6-/m1/s1. The Labute approximate surface area is 75.1 Å². The summed E-state index contributed by atoms with van der Waals surface area (Å²) in [5, 5.41) is 2.39. The molecule has 0 unspecified atom stereocenters. The quantitative estimate of drug-likeness (QED) is 0.613. The molecule has 0 aromatic heterocycles. The topological polar surface area (TPSA) is 73.9 Å². The van der Waals surface area contributed by atoms with Crippen LogP contribution < -0.4 is 5.32 Å². The second-order valence-electron chi connectivity index (χ2n) is 2.52. The van der Waals surface area contributed by atoms with E-state index in [-0.39, 0.29) is 6.42 Å². The Bertz CT molecular complexity index is 217. The van der Waals surface area contributed by atoms with Gasteiger partial charge in [0.1, 0.15) is 0 Å². The van der Waals surface area contributed by atoms with Crippen molar-refractivity contribution in [2.24, 2.45) is 0 Å². The smallest absolute Gasteiger partial charge is 0.409 e. The second-order valence-corrected chi connectivity index (χ2v) is 2.52. The van der Waals surface area contributed by atoms with Gasteiger partial charge in [-0.25, -0.2) is 4.79 Å². The van der Waals surface area contributed by atoms with Crippen LogP contribution in [0.4, 0.5) is 4.79 Å². The summed E-state index contributed by atoms with van der Waals surface area (Å²) in [6.07, 6.45) is -1.77. The van der Waals surface area contributed by atoms with E-state index < -0.39 is 24.4 Å². The van der Waals surface area contributed by atoms with Crippen LogP contribution in [-0.2, 0) is 19.0 Å². The Morgan fingerprint density at radius 3 is 2.85 bits per heavy atom. The van der Waals surface area contributed by atoms with Crippen molar-refractivity contribution < 1.29 is 23.8 Å². The second kappa shape index (κ2) is 4.08. The Morgan fingerprint density at radius 2 is 2.31 bits per heavy atom. The number of methoxy groups -OCH3 is 2. The molecule has 1 heterocycles. The van der Waals surface area contributed by atoms with Crippen LogP contribution in [0.25, 0.3) is 0 Å². The van der Waals surface area contributed by atoms with Gasteiger partial charge in [0.25, 0.3) is 0 Å². The summed E-state index contributed by atoms with van der Waals surface area (Å²) in [7, 11) is 2.69. The molecule has 13 heavy (non-hydrogen) atoms. The lowest BCUT2D eigenvalue weighted by molar-refractivity contribution is -0.143. The predicted molar refractivity (Wildman–Crippen MR) is 40.8 cm³/mol. The van der Waals surface area contributed by atoms with E-state index in [1.807, 2.05) is 0 Å². The van der Waals surface area contributed by atoms with Crippen molar-refractivity contribution in [1.29, 1.82) is 0 Å². The summed E-state index contributed by atoms with van der Waals surface area (Å²) in [5.41, 5.74) is 0. The number of amides is 1. The van der Waals surface area contributed by atoms with Crippen molar-refractivity contribution in [3.05, 3.63) is 0 Å². The van der Waals surface area contributed by atoms with Gasteiger partial charge in [-0.1, -0.05) is 0 Å². The first-order chi connectivity index (χ1) is 6.17. The zero-order valence-corrected chi connectivity index (χ0v) is 7.40. The lowest BCUT2D eigenvalue weighted by Gasteiger charge is -2.13. The monoisotopic (exact) mass is 189 g/mol. The molecular weight excluding hydrogens is 178 g/mol. The molecule has 1 saturated heterocycles. The van der Waals surface area contributed by atoms with E-state index in [1.54, 1.807) is 0 Å². The summed E-state index contributed by atoms with van der Waals surface area (Å²) in [4.78, 5) is 21.6. The number of hydrogen-bond acceptors (Lipinski definition) is 5. The predicted octanol–water partition coefficient (Wildman–Crippen LogP) is -0.370. The van der Waals surface area contributed by atoms with Gasteiger partial charge in [-0.3, -0.25) is 10.1 Å². The lowest BCUT2D eigenvalue weighted by Crippen LogP contribution is -2.34. The molecule has 2 atom stereocenters. The maximum Gasteiger partial charge on any atom is 0.409 e. The van der Waals surface area contributed by atoms with Crippen LogP contribution in [0.5, 0.6) is 0 Å². The molecule has 1 rings (SSSR count). The average Bonchev–Trinajstić information content (AvgIpc) is 2.46. The maximum atomic E-state index is 10.8. The highest BCUT2D eigenvalue weighted by Crippen LogP contribution is 2.13. The van der Waals surface area contributed by atoms with Crippen LogP contribution in [0.1, 0.15) is 6.42 Å². The normalized spacial score (nSPS) is 26.5. The van der Waals surface area contributed by atoms with Crippen LogP contribution in [0.2, 0.25) is 0 Å². The van der Waals surface area contributed by atoms with E-state index in [9.17, 15) is 9.59 Å². The molecule has 1 N–H and O–H groups in total. The Balaban J connectivity index is 2.48. The molecule has 1 aliphatic heterocycles. The highest BCUT2D eigenvalue weighted by Gasteiger charge is 2.35. The van der Waals surface area contributed by atoms with Gasteiger partial charge in [0, 0.05) is 7.11 Å². The molecule has 0 bridgehead atoms. The molecule has 74 valence electrons. The number of carbonyl (C=O) groups is 2. The Morgan fingerprint density at radius 1 is 1.62 bits per heavy atom. The number of ether oxygens (including phenoxy) is 3. The van der Waals surface area contributed by atoms with Crippen molar-refractivity contribution in [2.45, 2.75) is 18.8 Å². The number of nitrogens with one attached hydrogen (secondary N) is 1. The fourth-order valence-electron chi connectivity index (χ4n) is 1.05. The van der Waals surface area contributed by atoms with Gasteiger partial charge in [-0.15, -0.1) is 0 Å². The fraction of sp³-hybridized carbons (Fsp3) is 0.714. The highest BCUT2D eigenvalue weighted by molar-refractivity contribution is 5.74. The molecule has 6 nitrogen and oxygen atoms in total. The van der Waals surface area contributed by atoms with Gasteiger partial charge in [-0.05, 0) is 0 Å². The zero-order chi connectivity index (χ0) is 9.84. The van der Waals surface area contributed by atoms with Crippen molar-refractivity contribution in [1.82, 2.24) is 5.32 Å². The van der Waals surface area contributed by atoms with Gasteiger partial charge in [0.05, 0.1) is 13.5 Å². The summed E-state index contributed by atoms with van der Waals surface area (Å²) in [6.45, 7) is 0. The van der Waals surface area contributed by atoms with Gasteiger partial charge in [-0.2, -0.15) is 0 Å². The first-order valence-corrected chi connectivity index (χ1v) is 3.74. The molecule has 0 saturated carbocycles. The molecular formula is C7H11NO5. The van der Waals surface area contributed by atoms with Crippen LogP contribution in [0.3, 0.4) is 0 Å². The third-order valence-corrected chi connectivity index (χ3v) is 1.71. The van der Waals surface area contributed by atoms with Crippen molar-refractivity contribution in [3.8, 4) is 0 Å². The Hall–Kier alpha value is -1.30. The number of rotatable bonds is 3. The van der Waals surface area contributed by atoms with Crippen molar-refractivity contribution in [2.75, 3.05) is 14.2 Å². The van der Waals surface area contributed by atoms with Crippen LogP contribution in [0.15, 0.2) is 0 Å². The summed E-state index contributed by atoms with van der Waals surface area (Å²) in [6, 6.07) is 0. The first-order valence-electron chi connectivity index (χ1n) is 3.74. The van der Waals surface area contributed by atoms with E-state index >= 15 is 0 Å². The van der Waals surface area contributed by atoms with Crippen LogP contribution in [-0.4, -0.2) is 38.6 Å². The molecule has 0 radical (unpaired) electrons. The van der Waals surface area contributed by atoms with Crippen molar-refractivity contribution >= 4 is 12.1 Å². The minimum absolute atomic E-state index is 0.00620.